The summed E-state index contributed by atoms with van der Waals surface area (Å²) in [7, 11) is 3.20. The van der Waals surface area contributed by atoms with Gasteiger partial charge in [0.1, 0.15) is 11.5 Å². The number of anilines is 2. The van der Waals surface area contributed by atoms with Gasteiger partial charge in [0, 0.05) is 11.4 Å². The molecule has 0 aliphatic rings. The molecule has 2 N–H and O–H groups in total. The van der Waals surface area contributed by atoms with Crippen LogP contribution in [0.25, 0.3) is 0 Å². The quantitative estimate of drug-likeness (QED) is 0.916. The van der Waals surface area contributed by atoms with Crippen LogP contribution in [0.5, 0.6) is 11.5 Å². The first-order chi connectivity index (χ1) is 10.2. The minimum atomic E-state index is -0.190. The van der Waals surface area contributed by atoms with E-state index in [1.807, 2.05) is 24.3 Å². The molecule has 110 valence electrons. The van der Waals surface area contributed by atoms with Crippen molar-refractivity contribution in [2.24, 2.45) is 5.73 Å². The molecule has 1 amide bonds. The van der Waals surface area contributed by atoms with Crippen molar-refractivity contribution in [2.45, 2.75) is 0 Å². The first kappa shape index (κ1) is 14.9. The molecule has 0 aliphatic carbocycles. The van der Waals surface area contributed by atoms with E-state index in [4.69, 9.17) is 15.2 Å². The van der Waals surface area contributed by atoms with Gasteiger partial charge in [-0.1, -0.05) is 0 Å². The summed E-state index contributed by atoms with van der Waals surface area (Å²) in [5.41, 5.74) is 6.98. The Balaban J connectivity index is 2.38. The lowest BCUT2D eigenvalue weighted by Crippen LogP contribution is -2.32. The van der Waals surface area contributed by atoms with Crippen molar-refractivity contribution < 1.29 is 14.3 Å². The number of amides is 1. The highest BCUT2D eigenvalue weighted by Gasteiger charge is 2.16. The van der Waals surface area contributed by atoms with Gasteiger partial charge in [-0.3, -0.25) is 9.69 Å². The monoisotopic (exact) mass is 286 g/mol. The van der Waals surface area contributed by atoms with E-state index in [-0.39, 0.29) is 12.5 Å². The Kier molecular flexibility index (Phi) is 4.79. The van der Waals surface area contributed by atoms with Gasteiger partial charge in [0.15, 0.2) is 0 Å². The number of methoxy groups -OCH3 is 2. The Morgan fingerprint density at radius 3 is 1.57 bits per heavy atom. The van der Waals surface area contributed by atoms with E-state index in [0.29, 0.717) is 0 Å². The first-order valence-electron chi connectivity index (χ1n) is 6.50. The number of carbonyl (C=O) groups is 1. The number of nitrogens with two attached hydrogens (primary N) is 1. The summed E-state index contributed by atoms with van der Waals surface area (Å²) in [5.74, 6) is 1.27. The number of rotatable bonds is 5. The summed E-state index contributed by atoms with van der Waals surface area (Å²) >= 11 is 0. The lowest BCUT2D eigenvalue weighted by molar-refractivity contribution is -0.116. The Morgan fingerprint density at radius 1 is 0.905 bits per heavy atom. The summed E-state index contributed by atoms with van der Waals surface area (Å²) in [5, 5.41) is 0. The zero-order chi connectivity index (χ0) is 15.2. The van der Waals surface area contributed by atoms with Gasteiger partial charge < -0.3 is 15.2 Å². The zero-order valence-electron chi connectivity index (χ0n) is 12.1. The second-order valence-corrected chi connectivity index (χ2v) is 4.33. The van der Waals surface area contributed by atoms with Gasteiger partial charge in [-0.15, -0.1) is 0 Å². The Labute approximate surface area is 123 Å². The molecule has 0 fully saturated rings. The minimum Gasteiger partial charge on any atom is -0.497 e. The van der Waals surface area contributed by atoms with Gasteiger partial charge in [-0.25, -0.2) is 0 Å². The van der Waals surface area contributed by atoms with E-state index < -0.39 is 0 Å². The van der Waals surface area contributed by atoms with Crippen LogP contribution in [0, 0.1) is 0 Å². The largest absolute Gasteiger partial charge is 0.497 e. The minimum absolute atomic E-state index is 0.0714. The molecule has 2 aromatic carbocycles. The SMILES string of the molecule is COc1ccc(N(C(=O)CN)c2ccc(OC)cc2)cc1. The topological polar surface area (TPSA) is 64.8 Å². The van der Waals surface area contributed by atoms with Crippen LogP contribution in [0.3, 0.4) is 0 Å². The lowest BCUT2D eigenvalue weighted by atomic mass is 10.2. The third-order valence-corrected chi connectivity index (χ3v) is 3.09. The second kappa shape index (κ2) is 6.76. The second-order valence-electron chi connectivity index (χ2n) is 4.33. The van der Waals surface area contributed by atoms with Gasteiger partial charge in [-0.05, 0) is 48.5 Å². The number of nitrogens with zero attached hydrogens (tertiary/aromatic N) is 1. The third kappa shape index (κ3) is 3.32. The van der Waals surface area contributed by atoms with Crippen LogP contribution in [0.2, 0.25) is 0 Å². The van der Waals surface area contributed by atoms with E-state index in [9.17, 15) is 4.79 Å². The molecule has 5 nitrogen and oxygen atoms in total. The molecule has 0 unspecified atom stereocenters. The fraction of sp³-hybridized carbons (Fsp3) is 0.188. The van der Waals surface area contributed by atoms with Crippen LogP contribution in [-0.2, 0) is 4.79 Å². The van der Waals surface area contributed by atoms with Crippen LogP contribution in [-0.4, -0.2) is 26.7 Å². The predicted molar refractivity (Wildman–Crippen MR) is 82.2 cm³/mol. The van der Waals surface area contributed by atoms with Crippen LogP contribution in [0.15, 0.2) is 48.5 Å². The van der Waals surface area contributed by atoms with Crippen molar-refractivity contribution in [3.05, 3.63) is 48.5 Å². The number of carbonyl (C=O) groups excluding carboxylic acids is 1. The highest BCUT2D eigenvalue weighted by molar-refractivity contribution is 6.01. The molecule has 0 saturated heterocycles. The fourth-order valence-electron chi connectivity index (χ4n) is 1.99. The Morgan fingerprint density at radius 2 is 1.29 bits per heavy atom. The van der Waals surface area contributed by atoms with Gasteiger partial charge in [-0.2, -0.15) is 0 Å². The van der Waals surface area contributed by atoms with E-state index in [1.165, 1.54) is 0 Å². The fourth-order valence-corrected chi connectivity index (χ4v) is 1.99. The molecular formula is C16H18N2O3. The van der Waals surface area contributed by atoms with Gasteiger partial charge >= 0.3 is 0 Å². The normalized spacial score (nSPS) is 10.0. The van der Waals surface area contributed by atoms with E-state index in [1.54, 1.807) is 43.4 Å². The zero-order valence-corrected chi connectivity index (χ0v) is 12.1. The molecule has 5 heteroatoms. The molecule has 0 spiro atoms. The summed E-state index contributed by atoms with van der Waals surface area (Å²) in [4.78, 5) is 13.7. The number of ether oxygens (including phenoxy) is 2. The molecule has 0 heterocycles. The summed E-state index contributed by atoms with van der Waals surface area (Å²) in [6, 6.07) is 14.5. The predicted octanol–water partition coefficient (Wildman–Crippen LogP) is 2.33. The Bertz CT molecular complexity index is 546. The summed E-state index contributed by atoms with van der Waals surface area (Å²) < 4.78 is 10.3. The Hall–Kier alpha value is -2.53. The van der Waals surface area contributed by atoms with Crippen molar-refractivity contribution in [1.82, 2.24) is 0 Å². The molecule has 0 aromatic heterocycles. The van der Waals surface area contributed by atoms with Crippen molar-refractivity contribution in [3.63, 3.8) is 0 Å². The van der Waals surface area contributed by atoms with Crippen LogP contribution in [0.1, 0.15) is 0 Å². The number of hydrogen-bond acceptors (Lipinski definition) is 4. The third-order valence-electron chi connectivity index (χ3n) is 3.09. The lowest BCUT2D eigenvalue weighted by Gasteiger charge is -2.22. The van der Waals surface area contributed by atoms with Crippen LogP contribution < -0.4 is 20.1 Å². The standard InChI is InChI=1S/C16H18N2O3/c1-20-14-7-3-12(4-8-14)18(16(19)11-17)13-5-9-15(21-2)10-6-13/h3-10H,11,17H2,1-2H3. The highest BCUT2D eigenvalue weighted by Crippen LogP contribution is 2.28. The molecule has 2 rings (SSSR count). The molecule has 2 aromatic rings. The van der Waals surface area contributed by atoms with E-state index >= 15 is 0 Å². The number of benzene rings is 2. The smallest absolute Gasteiger partial charge is 0.245 e. The summed E-state index contributed by atoms with van der Waals surface area (Å²) in [6.07, 6.45) is 0. The molecule has 0 aliphatic heterocycles. The maximum atomic E-state index is 12.2. The van der Waals surface area contributed by atoms with Crippen molar-refractivity contribution in [1.29, 1.82) is 0 Å². The first-order valence-corrected chi connectivity index (χ1v) is 6.50. The van der Waals surface area contributed by atoms with Crippen LogP contribution >= 0.6 is 0 Å². The average Bonchev–Trinajstić information content (AvgIpc) is 2.56. The summed E-state index contributed by atoms with van der Waals surface area (Å²) in [6.45, 7) is -0.0714. The van der Waals surface area contributed by atoms with Gasteiger partial charge in [0.2, 0.25) is 5.91 Å². The highest BCUT2D eigenvalue weighted by atomic mass is 16.5. The van der Waals surface area contributed by atoms with Gasteiger partial charge in [0.05, 0.1) is 20.8 Å². The molecule has 0 radical (unpaired) electrons. The van der Waals surface area contributed by atoms with Crippen molar-refractivity contribution in [2.75, 3.05) is 25.7 Å². The van der Waals surface area contributed by atoms with Crippen LogP contribution in [0.4, 0.5) is 11.4 Å². The van der Waals surface area contributed by atoms with Crippen molar-refractivity contribution in [3.8, 4) is 11.5 Å². The molecular weight excluding hydrogens is 268 g/mol. The molecule has 21 heavy (non-hydrogen) atoms. The number of hydrogen-bond donors (Lipinski definition) is 1. The van der Waals surface area contributed by atoms with E-state index in [2.05, 4.69) is 0 Å². The van der Waals surface area contributed by atoms with Crippen molar-refractivity contribution >= 4 is 17.3 Å². The van der Waals surface area contributed by atoms with Gasteiger partial charge in [0.25, 0.3) is 0 Å². The molecule has 0 bridgehead atoms. The maximum Gasteiger partial charge on any atom is 0.245 e. The molecule has 0 saturated carbocycles. The molecule has 0 atom stereocenters. The maximum absolute atomic E-state index is 12.2. The average molecular weight is 286 g/mol. The van der Waals surface area contributed by atoms with E-state index in [0.717, 1.165) is 22.9 Å².